The van der Waals surface area contributed by atoms with Crippen molar-refractivity contribution >= 4 is 12.5 Å². The lowest BCUT2D eigenvalue weighted by molar-refractivity contribution is -0.00775. The van der Waals surface area contributed by atoms with Crippen molar-refractivity contribution in [3.05, 3.63) is 0 Å². The van der Waals surface area contributed by atoms with Crippen LogP contribution in [0.1, 0.15) is 12.8 Å². The molecule has 0 aromatic heterocycles. The number of likely N-dealkylation sites (tertiary alicyclic amines) is 1. The summed E-state index contributed by atoms with van der Waals surface area (Å²) in [5.41, 5.74) is 0. The molecule has 7 nitrogen and oxygen atoms in total. The molecule has 86 valence electrons. The Morgan fingerprint density at radius 2 is 2.50 bits per heavy atom. The summed E-state index contributed by atoms with van der Waals surface area (Å²) in [5, 5.41) is 23.4. The molecular formula is C9H12N4O3. The summed E-state index contributed by atoms with van der Waals surface area (Å²) in [6.07, 6.45) is 0.968. The fraction of sp³-hybridized carbons (Fsp3) is 0.667. The number of nitrogens with zero attached hydrogens (tertiary/aromatic N) is 4. The number of hydrogen-bond acceptors (Lipinski definition) is 5. The van der Waals surface area contributed by atoms with Gasteiger partial charge in [0.1, 0.15) is 6.17 Å². The van der Waals surface area contributed by atoms with E-state index in [0.29, 0.717) is 19.4 Å². The van der Waals surface area contributed by atoms with Crippen LogP contribution in [0.15, 0.2) is 5.10 Å². The van der Waals surface area contributed by atoms with E-state index in [9.17, 15) is 4.79 Å². The first-order valence-electron chi connectivity index (χ1n) is 5.02. The molecule has 0 aromatic rings. The van der Waals surface area contributed by atoms with Gasteiger partial charge in [-0.15, -0.1) is 5.10 Å². The van der Waals surface area contributed by atoms with Gasteiger partial charge < -0.3 is 9.84 Å². The zero-order chi connectivity index (χ0) is 11.5. The Bertz CT molecular complexity index is 351. The highest BCUT2D eigenvalue weighted by molar-refractivity contribution is 5.65. The molecule has 1 N–H and O–H groups in total. The molecule has 0 bridgehead atoms. The third kappa shape index (κ3) is 1.86. The maximum atomic E-state index is 11.0. The zero-order valence-electron chi connectivity index (χ0n) is 8.61. The largest absolute Gasteiger partial charge is 0.465 e. The van der Waals surface area contributed by atoms with Gasteiger partial charge in [-0.3, -0.25) is 4.90 Å². The first-order valence-corrected chi connectivity index (χ1v) is 5.02. The van der Waals surface area contributed by atoms with E-state index in [1.807, 2.05) is 0 Å². The Morgan fingerprint density at radius 1 is 1.69 bits per heavy atom. The van der Waals surface area contributed by atoms with Crippen LogP contribution in [0.3, 0.4) is 0 Å². The highest BCUT2D eigenvalue weighted by atomic mass is 16.5. The molecule has 2 unspecified atom stereocenters. The SMILES string of the molecule is N#CC1CCN(C(=O)O)C(N2COC=N2)C1. The Balaban J connectivity index is 2.11. The lowest BCUT2D eigenvalue weighted by Gasteiger charge is -2.38. The van der Waals surface area contributed by atoms with E-state index >= 15 is 0 Å². The number of nitriles is 1. The first-order chi connectivity index (χ1) is 7.72. The van der Waals surface area contributed by atoms with Crippen molar-refractivity contribution in [2.45, 2.75) is 19.0 Å². The topological polar surface area (TPSA) is 89.2 Å². The lowest BCUT2D eigenvalue weighted by Crippen LogP contribution is -2.52. The maximum Gasteiger partial charge on any atom is 0.408 e. The van der Waals surface area contributed by atoms with Gasteiger partial charge in [0.05, 0.1) is 12.0 Å². The van der Waals surface area contributed by atoms with Crippen LogP contribution < -0.4 is 0 Å². The van der Waals surface area contributed by atoms with Gasteiger partial charge in [0.15, 0.2) is 13.1 Å². The number of amides is 1. The number of piperidine rings is 1. The lowest BCUT2D eigenvalue weighted by atomic mass is 9.96. The van der Waals surface area contributed by atoms with Crippen LogP contribution in [0.4, 0.5) is 4.79 Å². The van der Waals surface area contributed by atoms with Crippen LogP contribution in [0, 0.1) is 17.2 Å². The molecule has 0 aromatic carbocycles. The van der Waals surface area contributed by atoms with Gasteiger partial charge in [-0.1, -0.05) is 0 Å². The predicted octanol–water partition coefficient (Wildman–Crippen LogP) is 0.459. The molecule has 7 heteroatoms. The highest BCUT2D eigenvalue weighted by Crippen LogP contribution is 2.26. The van der Waals surface area contributed by atoms with Crippen molar-refractivity contribution in [3.8, 4) is 6.07 Å². The van der Waals surface area contributed by atoms with Crippen molar-refractivity contribution in [1.29, 1.82) is 5.26 Å². The second-order valence-corrected chi connectivity index (χ2v) is 3.76. The molecule has 2 aliphatic rings. The Labute approximate surface area is 92.5 Å². The van der Waals surface area contributed by atoms with Crippen LogP contribution >= 0.6 is 0 Å². The molecule has 0 radical (unpaired) electrons. The minimum Gasteiger partial charge on any atom is -0.465 e. The third-order valence-corrected chi connectivity index (χ3v) is 2.82. The second kappa shape index (κ2) is 4.26. The van der Waals surface area contributed by atoms with Crippen LogP contribution in [0.25, 0.3) is 0 Å². The summed E-state index contributed by atoms with van der Waals surface area (Å²) in [5.74, 6) is -0.114. The van der Waals surface area contributed by atoms with Crippen molar-refractivity contribution < 1.29 is 14.6 Å². The predicted molar refractivity (Wildman–Crippen MR) is 53.1 cm³/mol. The van der Waals surface area contributed by atoms with E-state index in [0.717, 1.165) is 0 Å². The summed E-state index contributed by atoms with van der Waals surface area (Å²) in [4.78, 5) is 12.3. The fourth-order valence-corrected chi connectivity index (χ4v) is 1.97. The van der Waals surface area contributed by atoms with Gasteiger partial charge in [0, 0.05) is 13.0 Å². The van der Waals surface area contributed by atoms with E-state index in [1.165, 1.54) is 11.3 Å². The van der Waals surface area contributed by atoms with Crippen molar-refractivity contribution in [2.75, 3.05) is 13.3 Å². The smallest absolute Gasteiger partial charge is 0.408 e. The van der Waals surface area contributed by atoms with E-state index in [2.05, 4.69) is 11.2 Å². The average Bonchev–Trinajstić information content (AvgIpc) is 2.81. The summed E-state index contributed by atoms with van der Waals surface area (Å²) in [6.45, 7) is 0.608. The number of hydrazone groups is 1. The van der Waals surface area contributed by atoms with E-state index in [-0.39, 0.29) is 12.6 Å². The third-order valence-electron chi connectivity index (χ3n) is 2.82. The molecular weight excluding hydrogens is 212 g/mol. The molecule has 1 saturated heterocycles. The normalized spacial score (nSPS) is 28.7. The van der Waals surface area contributed by atoms with Gasteiger partial charge in [-0.05, 0) is 6.42 Å². The minimum absolute atomic E-state index is 0.114. The number of carbonyl (C=O) groups is 1. The molecule has 1 amide bonds. The molecule has 2 atom stereocenters. The van der Waals surface area contributed by atoms with Crippen LogP contribution in [0.2, 0.25) is 0 Å². The van der Waals surface area contributed by atoms with E-state index in [1.54, 1.807) is 5.01 Å². The molecule has 16 heavy (non-hydrogen) atoms. The summed E-state index contributed by atoms with van der Waals surface area (Å²) in [6, 6.07) is 2.18. The monoisotopic (exact) mass is 224 g/mol. The van der Waals surface area contributed by atoms with Crippen molar-refractivity contribution in [1.82, 2.24) is 9.91 Å². The van der Waals surface area contributed by atoms with E-state index < -0.39 is 12.3 Å². The van der Waals surface area contributed by atoms with Crippen LogP contribution in [0.5, 0.6) is 0 Å². The first kappa shape index (κ1) is 10.5. The van der Waals surface area contributed by atoms with Gasteiger partial charge in [0.25, 0.3) is 0 Å². The fourth-order valence-electron chi connectivity index (χ4n) is 1.97. The molecule has 0 aliphatic carbocycles. The molecule has 2 rings (SSSR count). The zero-order valence-corrected chi connectivity index (χ0v) is 8.61. The standard InChI is InChI=1S/C9H12N4O3/c10-4-7-1-2-12(9(14)15)8(3-7)13-6-16-5-11-13/h5,7-8H,1-3,6H2,(H,14,15). The average molecular weight is 224 g/mol. The van der Waals surface area contributed by atoms with Gasteiger partial charge in [0.2, 0.25) is 0 Å². The Kier molecular flexibility index (Phi) is 2.81. The van der Waals surface area contributed by atoms with Crippen LogP contribution in [-0.4, -0.2) is 47.0 Å². The highest BCUT2D eigenvalue weighted by Gasteiger charge is 2.36. The number of ether oxygens (including phenoxy) is 1. The van der Waals surface area contributed by atoms with E-state index in [4.69, 9.17) is 15.1 Å². The molecule has 2 heterocycles. The van der Waals surface area contributed by atoms with Crippen molar-refractivity contribution in [3.63, 3.8) is 0 Å². The molecule has 2 aliphatic heterocycles. The van der Waals surface area contributed by atoms with Gasteiger partial charge >= 0.3 is 6.09 Å². The second-order valence-electron chi connectivity index (χ2n) is 3.76. The van der Waals surface area contributed by atoms with Crippen molar-refractivity contribution in [2.24, 2.45) is 11.0 Å². The Morgan fingerprint density at radius 3 is 3.06 bits per heavy atom. The summed E-state index contributed by atoms with van der Waals surface area (Å²) >= 11 is 0. The Hall–Kier alpha value is -1.97. The molecule has 1 fully saturated rings. The minimum atomic E-state index is -0.983. The summed E-state index contributed by atoms with van der Waals surface area (Å²) in [7, 11) is 0. The maximum absolute atomic E-state index is 11.0. The molecule has 0 saturated carbocycles. The number of hydrogen-bond donors (Lipinski definition) is 1. The number of rotatable bonds is 1. The quantitative estimate of drug-likeness (QED) is 0.698. The number of carboxylic acid groups (broad SMARTS) is 1. The van der Waals surface area contributed by atoms with Crippen LogP contribution in [-0.2, 0) is 4.74 Å². The molecule has 0 spiro atoms. The van der Waals surface area contributed by atoms with Gasteiger partial charge in [-0.25, -0.2) is 9.80 Å². The summed E-state index contributed by atoms with van der Waals surface area (Å²) < 4.78 is 4.94. The van der Waals surface area contributed by atoms with Gasteiger partial charge in [-0.2, -0.15) is 5.26 Å².